The molecular weight excluding hydrogens is 354 g/mol. The first-order valence-electron chi connectivity index (χ1n) is 9.07. The fourth-order valence-corrected chi connectivity index (χ4v) is 3.20. The number of aromatic nitrogens is 1. The number of fused-ring (bicyclic) bond motifs is 1. The summed E-state index contributed by atoms with van der Waals surface area (Å²) in [6.07, 6.45) is 2.63. The molecule has 2 amide bonds. The Morgan fingerprint density at radius 1 is 0.929 bits per heavy atom. The van der Waals surface area contributed by atoms with Gasteiger partial charge in [0.2, 0.25) is 11.8 Å². The van der Waals surface area contributed by atoms with Gasteiger partial charge >= 0.3 is 0 Å². The van der Waals surface area contributed by atoms with Crippen LogP contribution in [0.25, 0.3) is 10.9 Å². The Bertz CT molecular complexity index is 1100. The molecule has 0 bridgehead atoms. The lowest BCUT2D eigenvalue weighted by Crippen LogP contribution is -2.35. The summed E-state index contributed by atoms with van der Waals surface area (Å²) in [5, 5.41) is 6.56. The van der Waals surface area contributed by atoms with E-state index in [2.05, 4.69) is 15.6 Å². The van der Waals surface area contributed by atoms with E-state index in [1.165, 1.54) is 6.92 Å². The summed E-state index contributed by atoms with van der Waals surface area (Å²) in [7, 11) is 0. The molecule has 2 aromatic carbocycles. The van der Waals surface area contributed by atoms with Gasteiger partial charge in [-0.2, -0.15) is 0 Å². The summed E-state index contributed by atoms with van der Waals surface area (Å²) in [5.41, 5.74) is 1.19. The maximum atomic E-state index is 12.9. The van der Waals surface area contributed by atoms with E-state index in [1.54, 1.807) is 36.5 Å². The molecule has 1 saturated carbocycles. The van der Waals surface area contributed by atoms with Crippen molar-refractivity contribution in [1.29, 1.82) is 0 Å². The molecular formula is C22H19N3O3. The van der Waals surface area contributed by atoms with Crippen LogP contribution in [-0.4, -0.2) is 22.6 Å². The van der Waals surface area contributed by atoms with E-state index in [0.29, 0.717) is 35.3 Å². The van der Waals surface area contributed by atoms with E-state index in [0.717, 1.165) is 5.39 Å². The van der Waals surface area contributed by atoms with Crippen LogP contribution in [0.4, 0.5) is 11.4 Å². The van der Waals surface area contributed by atoms with Crippen molar-refractivity contribution >= 4 is 39.9 Å². The van der Waals surface area contributed by atoms with Gasteiger partial charge in [0, 0.05) is 22.8 Å². The van der Waals surface area contributed by atoms with E-state index in [1.807, 2.05) is 24.3 Å². The van der Waals surface area contributed by atoms with Crippen LogP contribution in [0.5, 0.6) is 0 Å². The molecule has 6 heteroatoms. The predicted molar refractivity (Wildman–Crippen MR) is 107 cm³/mol. The quantitative estimate of drug-likeness (QED) is 0.526. The van der Waals surface area contributed by atoms with Crippen molar-refractivity contribution in [2.45, 2.75) is 19.8 Å². The number of nitrogens with one attached hydrogen (secondary N) is 2. The number of anilines is 2. The third-order valence-electron chi connectivity index (χ3n) is 5.03. The fourth-order valence-electron chi connectivity index (χ4n) is 3.20. The molecule has 0 unspecified atom stereocenters. The number of hydrogen-bond donors (Lipinski definition) is 2. The number of carbonyl (C=O) groups is 3. The Morgan fingerprint density at radius 3 is 2.39 bits per heavy atom. The van der Waals surface area contributed by atoms with Crippen molar-refractivity contribution < 1.29 is 14.4 Å². The van der Waals surface area contributed by atoms with E-state index >= 15 is 0 Å². The zero-order valence-corrected chi connectivity index (χ0v) is 15.4. The second-order valence-corrected chi connectivity index (χ2v) is 7.01. The first-order chi connectivity index (χ1) is 13.5. The van der Waals surface area contributed by atoms with Gasteiger partial charge in [-0.3, -0.25) is 19.4 Å². The van der Waals surface area contributed by atoms with Crippen molar-refractivity contribution in [3.63, 3.8) is 0 Å². The van der Waals surface area contributed by atoms with Crippen molar-refractivity contribution in [3.8, 4) is 0 Å². The Kier molecular flexibility index (Phi) is 4.39. The Balaban J connectivity index is 1.53. The van der Waals surface area contributed by atoms with Gasteiger partial charge in [-0.15, -0.1) is 0 Å². The van der Waals surface area contributed by atoms with Gasteiger partial charge < -0.3 is 10.6 Å². The third-order valence-corrected chi connectivity index (χ3v) is 5.03. The smallest absolute Gasteiger partial charge is 0.240 e. The number of pyridine rings is 1. The summed E-state index contributed by atoms with van der Waals surface area (Å²) in [5.74, 6) is -0.789. The third kappa shape index (κ3) is 3.24. The molecule has 0 spiro atoms. The minimum atomic E-state index is -1.09. The van der Waals surface area contributed by atoms with Gasteiger partial charge in [0.25, 0.3) is 0 Å². The van der Waals surface area contributed by atoms with Crippen LogP contribution < -0.4 is 10.6 Å². The number of amides is 2. The SMILES string of the molecule is CC(=O)c1cccc(NC(=O)C2(C(=O)Nc3cccc4cccnc34)CC2)c1. The van der Waals surface area contributed by atoms with Crippen LogP contribution in [0, 0.1) is 5.41 Å². The number of para-hydroxylation sites is 1. The Morgan fingerprint density at radius 2 is 1.64 bits per heavy atom. The maximum absolute atomic E-state index is 12.9. The van der Waals surface area contributed by atoms with Crippen molar-refractivity contribution in [3.05, 3.63) is 66.4 Å². The average molecular weight is 373 g/mol. The van der Waals surface area contributed by atoms with Crippen LogP contribution in [0.3, 0.4) is 0 Å². The van der Waals surface area contributed by atoms with Crippen molar-refractivity contribution in [1.82, 2.24) is 4.98 Å². The lowest BCUT2D eigenvalue weighted by molar-refractivity contribution is -0.131. The van der Waals surface area contributed by atoms with Gasteiger partial charge in [-0.1, -0.05) is 30.3 Å². The van der Waals surface area contributed by atoms with Gasteiger partial charge in [-0.25, -0.2) is 0 Å². The topological polar surface area (TPSA) is 88.2 Å². The van der Waals surface area contributed by atoms with Crippen LogP contribution in [0.1, 0.15) is 30.1 Å². The molecule has 6 nitrogen and oxygen atoms in total. The van der Waals surface area contributed by atoms with Crippen LogP contribution in [0.15, 0.2) is 60.8 Å². The highest BCUT2D eigenvalue weighted by molar-refractivity contribution is 6.18. The highest BCUT2D eigenvalue weighted by atomic mass is 16.2. The summed E-state index contributed by atoms with van der Waals surface area (Å²) in [4.78, 5) is 41.6. The molecule has 1 aromatic heterocycles. The van der Waals surface area contributed by atoms with Crippen LogP contribution in [-0.2, 0) is 9.59 Å². The number of ketones is 1. The minimum Gasteiger partial charge on any atom is -0.325 e. The second kappa shape index (κ2) is 6.88. The van der Waals surface area contributed by atoms with Crippen molar-refractivity contribution in [2.75, 3.05) is 10.6 Å². The molecule has 2 N–H and O–H groups in total. The molecule has 0 aliphatic heterocycles. The largest absolute Gasteiger partial charge is 0.325 e. The molecule has 1 heterocycles. The first-order valence-corrected chi connectivity index (χ1v) is 9.07. The average Bonchev–Trinajstić information content (AvgIpc) is 3.51. The lowest BCUT2D eigenvalue weighted by atomic mass is 10.0. The summed E-state index contributed by atoms with van der Waals surface area (Å²) in [6.45, 7) is 1.47. The standard InChI is InChI=1S/C22H19N3O3/c1-14(26)16-6-2-8-17(13-16)24-20(27)22(10-11-22)21(28)25-18-9-3-5-15-7-4-12-23-19(15)18/h2-9,12-13H,10-11H2,1H3,(H,24,27)(H,25,28). The molecule has 28 heavy (non-hydrogen) atoms. The normalized spacial score (nSPS) is 14.3. The second-order valence-electron chi connectivity index (χ2n) is 7.01. The molecule has 1 fully saturated rings. The zero-order chi connectivity index (χ0) is 19.7. The predicted octanol–water partition coefficient (Wildman–Crippen LogP) is 3.79. The summed E-state index contributed by atoms with van der Waals surface area (Å²) in [6, 6.07) is 16.0. The molecule has 0 atom stereocenters. The zero-order valence-electron chi connectivity index (χ0n) is 15.4. The molecule has 1 aliphatic rings. The van der Waals surface area contributed by atoms with E-state index < -0.39 is 5.41 Å². The maximum Gasteiger partial charge on any atom is 0.240 e. The Hall–Kier alpha value is -3.54. The fraction of sp³-hybridized carbons (Fsp3) is 0.182. The minimum absolute atomic E-state index is 0.0848. The molecule has 0 saturated heterocycles. The highest BCUT2D eigenvalue weighted by Gasteiger charge is 2.56. The number of rotatable bonds is 5. The summed E-state index contributed by atoms with van der Waals surface area (Å²) < 4.78 is 0. The van der Waals surface area contributed by atoms with Gasteiger partial charge in [0.1, 0.15) is 5.41 Å². The molecule has 0 radical (unpaired) electrons. The first kappa shape index (κ1) is 17.9. The number of Topliss-reactive ketones (excluding diaryl/α,β-unsaturated/α-hetero) is 1. The molecule has 1 aliphatic carbocycles. The van der Waals surface area contributed by atoms with E-state index in [9.17, 15) is 14.4 Å². The number of hydrogen-bond acceptors (Lipinski definition) is 4. The highest BCUT2D eigenvalue weighted by Crippen LogP contribution is 2.47. The Labute approximate surface area is 162 Å². The van der Waals surface area contributed by atoms with Crippen LogP contribution >= 0.6 is 0 Å². The molecule has 140 valence electrons. The molecule has 4 rings (SSSR count). The molecule has 3 aromatic rings. The van der Waals surface area contributed by atoms with Crippen LogP contribution in [0.2, 0.25) is 0 Å². The van der Waals surface area contributed by atoms with E-state index in [4.69, 9.17) is 0 Å². The number of carbonyl (C=O) groups excluding carboxylic acids is 3. The van der Waals surface area contributed by atoms with Crippen molar-refractivity contribution in [2.24, 2.45) is 5.41 Å². The monoisotopic (exact) mass is 373 g/mol. The van der Waals surface area contributed by atoms with Gasteiger partial charge in [0.15, 0.2) is 5.78 Å². The van der Waals surface area contributed by atoms with E-state index in [-0.39, 0.29) is 17.6 Å². The number of benzene rings is 2. The van der Waals surface area contributed by atoms with Gasteiger partial charge in [-0.05, 0) is 44.0 Å². The van der Waals surface area contributed by atoms with Gasteiger partial charge in [0.05, 0.1) is 11.2 Å². The lowest BCUT2D eigenvalue weighted by Gasteiger charge is -2.16. The number of nitrogens with zero attached hydrogens (tertiary/aromatic N) is 1. The summed E-state index contributed by atoms with van der Waals surface area (Å²) >= 11 is 0.